The Kier molecular flexibility index (Phi) is 5.32. The van der Waals surface area contributed by atoms with Gasteiger partial charge in [0.15, 0.2) is 0 Å². The number of fused-ring (bicyclic) bond motifs is 3. The van der Waals surface area contributed by atoms with Gasteiger partial charge in [-0.3, -0.25) is 4.90 Å². The van der Waals surface area contributed by atoms with Gasteiger partial charge in [0, 0.05) is 42.3 Å². The highest BCUT2D eigenvalue weighted by Crippen LogP contribution is 2.47. The van der Waals surface area contributed by atoms with Gasteiger partial charge in [0.05, 0.1) is 11.7 Å². The van der Waals surface area contributed by atoms with Crippen LogP contribution in [-0.2, 0) is 11.2 Å². The summed E-state index contributed by atoms with van der Waals surface area (Å²) < 4.78 is 6.02. The van der Waals surface area contributed by atoms with Gasteiger partial charge < -0.3 is 14.8 Å². The molecule has 0 spiro atoms. The van der Waals surface area contributed by atoms with E-state index in [1.54, 1.807) is 12.1 Å². The molecule has 1 aliphatic heterocycles. The first-order valence-corrected chi connectivity index (χ1v) is 11.4. The van der Waals surface area contributed by atoms with Gasteiger partial charge >= 0.3 is 5.97 Å². The molecule has 3 atom stereocenters. The summed E-state index contributed by atoms with van der Waals surface area (Å²) in [4.78, 5) is 17.4. The van der Waals surface area contributed by atoms with E-state index in [4.69, 9.17) is 4.74 Å². The van der Waals surface area contributed by atoms with E-state index in [0.717, 1.165) is 38.8 Å². The Morgan fingerprint density at radius 1 is 1.19 bits per heavy atom. The number of carbonyl (C=O) groups is 1. The number of nitrogens with zero attached hydrogens (tertiary/aromatic N) is 1. The van der Waals surface area contributed by atoms with Crippen LogP contribution in [0.3, 0.4) is 0 Å². The van der Waals surface area contributed by atoms with E-state index in [0.29, 0.717) is 11.6 Å². The number of piperidine rings is 1. The van der Waals surface area contributed by atoms with Crippen molar-refractivity contribution in [2.24, 2.45) is 0 Å². The lowest BCUT2D eigenvalue weighted by Crippen LogP contribution is -2.41. The van der Waals surface area contributed by atoms with Crippen molar-refractivity contribution in [3.05, 3.63) is 70.4 Å². The first-order chi connectivity index (χ1) is 15.1. The number of ether oxygens (including phenoxy) is 1. The molecule has 5 heteroatoms. The van der Waals surface area contributed by atoms with E-state index in [9.17, 15) is 9.90 Å². The number of hydrogen-bond donors (Lipinski definition) is 2. The minimum Gasteiger partial charge on any atom is -0.478 e. The van der Waals surface area contributed by atoms with Crippen molar-refractivity contribution in [2.45, 2.75) is 57.7 Å². The summed E-state index contributed by atoms with van der Waals surface area (Å²) in [6.07, 6.45) is 6.51. The van der Waals surface area contributed by atoms with E-state index in [1.807, 2.05) is 12.1 Å². The summed E-state index contributed by atoms with van der Waals surface area (Å²) in [5.41, 5.74) is 7.03. The number of carboxylic acid groups (broad SMARTS) is 1. The molecule has 31 heavy (non-hydrogen) atoms. The number of benzene rings is 2. The summed E-state index contributed by atoms with van der Waals surface area (Å²) in [6.45, 7) is 5.96. The molecule has 1 saturated heterocycles. The smallest absolute Gasteiger partial charge is 0.335 e. The van der Waals surface area contributed by atoms with Gasteiger partial charge in [-0.1, -0.05) is 18.2 Å². The van der Waals surface area contributed by atoms with Crippen LogP contribution < -0.4 is 0 Å². The van der Waals surface area contributed by atoms with E-state index in [2.05, 4.69) is 42.1 Å². The summed E-state index contributed by atoms with van der Waals surface area (Å²) in [7, 11) is 0. The number of aromatic nitrogens is 1. The number of hydrogen-bond acceptors (Lipinski definition) is 3. The normalized spacial score (nSPS) is 23.9. The molecule has 2 N–H and O–H groups in total. The van der Waals surface area contributed by atoms with Crippen molar-refractivity contribution in [3.63, 3.8) is 0 Å². The first kappa shape index (κ1) is 20.3. The predicted molar refractivity (Wildman–Crippen MR) is 122 cm³/mol. The van der Waals surface area contributed by atoms with Gasteiger partial charge in [-0.25, -0.2) is 4.79 Å². The number of aryl methyl sites for hydroxylation is 2. The number of carboxylic acids is 1. The molecule has 0 amide bonds. The molecule has 1 aliphatic carbocycles. The van der Waals surface area contributed by atoms with Crippen molar-refractivity contribution < 1.29 is 14.6 Å². The summed E-state index contributed by atoms with van der Waals surface area (Å²) >= 11 is 0. The first-order valence-electron chi connectivity index (χ1n) is 11.4. The van der Waals surface area contributed by atoms with E-state index < -0.39 is 5.97 Å². The zero-order chi connectivity index (χ0) is 21.5. The minimum absolute atomic E-state index is 0.222. The maximum absolute atomic E-state index is 11.3. The standard InChI is InChI=1S/C26H30N2O3/c1-3-31-20-11-13-28(23(15-20)17-4-6-18(7-5-17)26(29)30)22-9-8-19-14-16(2)25-21(24(19)22)10-12-27-25/h4-7,10,12,14,20,22-23,27H,3,8-9,11,13,15H2,1-2H3,(H,29,30)/t20-,22?,23-/m0/s1. The largest absolute Gasteiger partial charge is 0.478 e. The Morgan fingerprint density at radius 2 is 2.00 bits per heavy atom. The molecule has 2 aromatic carbocycles. The fourth-order valence-corrected chi connectivity index (χ4v) is 5.76. The minimum atomic E-state index is -0.880. The Hall–Kier alpha value is -2.63. The lowest BCUT2D eigenvalue weighted by atomic mass is 9.89. The quantitative estimate of drug-likeness (QED) is 0.582. The molecule has 1 fully saturated rings. The third kappa shape index (κ3) is 3.56. The third-order valence-corrected chi connectivity index (χ3v) is 7.13. The molecule has 1 unspecified atom stereocenters. The zero-order valence-electron chi connectivity index (χ0n) is 18.2. The highest BCUT2D eigenvalue weighted by Gasteiger charge is 2.38. The lowest BCUT2D eigenvalue weighted by Gasteiger charge is -2.43. The van der Waals surface area contributed by atoms with Gasteiger partial charge in [0.2, 0.25) is 0 Å². The molecule has 0 radical (unpaired) electrons. The fraction of sp³-hybridized carbons (Fsp3) is 0.423. The number of aromatic carboxylic acids is 1. The SMILES string of the molecule is CCO[C@H]1CCN(C2CCc3cc(C)c4[nH]ccc4c32)[C@H](c2ccc(C(=O)O)cc2)C1. The monoisotopic (exact) mass is 418 g/mol. The molecule has 162 valence electrons. The molecule has 0 bridgehead atoms. The Labute approximate surface area is 183 Å². The van der Waals surface area contributed by atoms with Gasteiger partial charge in [0.25, 0.3) is 0 Å². The maximum atomic E-state index is 11.3. The second kappa shape index (κ2) is 8.13. The van der Waals surface area contributed by atoms with Crippen molar-refractivity contribution >= 4 is 16.9 Å². The fourth-order valence-electron chi connectivity index (χ4n) is 5.76. The molecule has 3 aromatic rings. The van der Waals surface area contributed by atoms with Crippen LogP contribution in [0.4, 0.5) is 0 Å². The average molecular weight is 419 g/mol. The van der Waals surface area contributed by atoms with Crippen LogP contribution in [0.5, 0.6) is 0 Å². The van der Waals surface area contributed by atoms with Crippen LogP contribution in [0.25, 0.3) is 10.9 Å². The van der Waals surface area contributed by atoms with Crippen LogP contribution in [-0.4, -0.2) is 40.2 Å². The number of likely N-dealkylation sites (tertiary alicyclic amines) is 1. The molecular weight excluding hydrogens is 388 g/mol. The Morgan fingerprint density at radius 3 is 2.74 bits per heavy atom. The molecule has 5 nitrogen and oxygen atoms in total. The van der Waals surface area contributed by atoms with Crippen molar-refractivity contribution in [1.82, 2.24) is 9.88 Å². The number of H-pyrrole nitrogens is 1. The number of aromatic amines is 1. The molecule has 5 rings (SSSR count). The summed E-state index contributed by atoms with van der Waals surface area (Å²) in [5.74, 6) is -0.880. The Balaban J connectivity index is 1.53. The topological polar surface area (TPSA) is 65.6 Å². The number of nitrogens with one attached hydrogen (secondary N) is 1. The average Bonchev–Trinajstić information content (AvgIpc) is 3.41. The lowest BCUT2D eigenvalue weighted by molar-refractivity contribution is -0.0255. The maximum Gasteiger partial charge on any atom is 0.335 e. The predicted octanol–water partition coefficient (Wildman–Crippen LogP) is 5.40. The summed E-state index contributed by atoms with van der Waals surface area (Å²) in [5, 5.41) is 10.7. The van der Waals surface area contributed by atoms with Crippen molar-refractivity contribution in [1.29, 1.82) is 0 Å². The third-order valence-electron chi connectivity index (χ3n) is 7.13. The second-order valence-electron chi connectivity index (χ2n) is 8.87. The van der Waals surface area contributed by atoms with Crippen LogP contribution >= 0.6 is 0 Å². The zero-order valence-corrected chi connectivity index (χ0v) is 18.2. The van der Waals surface area contributed by atoms with Gasteiger partial charge in [-0.2, -0.15) is 0 Å². The highest BCUT2D eigenvalue weighted by molar-refractivity contribution is 5.88. The van der Waals surface area contributed by atoms with E-state index in [-0.39, 0.29) is 12.1 Å². The van der Waals surface area contributed by atoms with Gasteiger partial charge in [-0.05, 0) is 80.0 Å². The molecule has 0 saturated carbocycles. The highest BCUT2D eigenvalue weighted by atomic mass is 16.5. The second-order valence-corrected chi connectivity index (χ2v) is 8.87. The van der Waals surface area contributed by atoms with E-state index in [1.165, 1.54) is 33.2 Å². The van der Waals surface area contributed by atoms with Crippen molar-refractivity contribution in [3.8, 4) is 0 Å². The van der Waals surface area contributed by atoms with Crippen LogP contribution in [0.1, 0.15) is 70.9 Å². The summed E-state index contributed by atoms with van der Waals surface area (Å²) in [6, 6.07) is 12.6. The van der Waals surface area contributed by atoms with Gasteiger partial charge in [0.1, 0.15) is 0 Å². The van der Waals surface area contributed by atoms with Crippen molar-refractivity contribution in [2.75, 3.05) is 13.2 Å². The molecule has 2 heterocycles. The molecule has 1 aromatic heterocycles. The van der Waals surface area contributed by atoms with Gasteiger partial charge in [-0.15, -0.1) is 0 Å². The molecular formula is C26H30N2O3. The van der Waals surface area contributed by atoms with Crippen LogP contribution in [0.2, 0.25) is 0 Å². The Bertz CT molecular complexity index is 1100. The van der Waals surface area contributed by atoms with Crippen LogP contribution in [0, 0.1) is 6.92 Å². The van der Waals surface area contributed by atoms with Crippen LogP contribution in [0.15, 0.2) is 42.6 Å². The number of rotatable bonds is 5. The van der Waals surface area contributed by atoms with E-state index >= 15 is 0 Å². The molecule has 2 aliphatic rings.